The fourth-order valence-corrected chi connectivity index (χ4v) is 4.76. The van der Waals surface area contributed by atoms with E-state index in [4.69, 9.17) is 8.53 Å². The van der Waals surface area contributed by atoms with Gasteiger partial charge in [-0.05, 0) is 6.92 Å². The lowest BCUT2D eigenvalue weighted by molar-refractivity contribution is -0.0421. The van der Waals surface area contributed by atoms with E-state index >= 15 is 0 Å². The molecule has 3 heteroatoms. The van der Waals surface area contributed by atoms with Crippen molar-refractivity contribution in [1.82, 2.24) is 0 Å². The molecule has 0 amide bonds. The fraction of sp³-hybridized carbons (Fsp3) is 1.00. The highest BCUT2D eigenvalue weighted by atomic mass is 27.2. The minimum Gasteiger partial charge on any atom is -0.478 e. The maximum absolute atomic E-state index is 5.94. The van der Waals surface area contributed by atoms with Gasteiger partial charge in [0.25, 0.3) is 0 Å². The molecule has 0 saturated heterocycles. The van der Waals surface area contributed by atoms with Crippen LogP contribution in [0.25, 0.3) is 0 Å². The van der Waals surface area contributed by atoms with E-state index in [1.54, 1.807) is 7.11 Å². The van der Waals surface area contributed by atoms with Crippen LogP contribution in [0.15, 0.2) is 0 Å². The molecule has 14 heavy (non-hydrogen) atoms. The van der Waals surface area contributed by atoms with Gasteiger partial charge < -0.3 is 8.53 Å². The molecule has 2 nitrogen and oxygen atoms in total. The molecule has 0 saturated carbocycles. The molecule has 0 aromatic heterocycles. The average Bonchev–Trinajstić information content (AvgIpc) is 2.01. The standard InChI is InChI=1S/2C4H9.C3H7O2.Al/c2*1-4(2)3;1-3(4)5-2;/h2*4H,1H2,2-3H3;3H,1-2H3;/q;;-1;+1. The first-order valence-corrected chi connectivity index (χ1v) is 7.74. The van der Waals surface area contributed by atoms with Crippen LogP contribution in [0.4, 0.5) is 0 Å². The predicted octanol–water partition coefficient (Wildman–Crippen LogP) is 3.30. The lowest BCUT2D eigenvalue weighted by Crippen LogP contribution is -2.27. The smallest absolute Gasteiger partial charge is 0.463 e. The fourth-order valence-electron chi connectivity index (χ4n) is 1.59. The molecule has 0 aromatic rings. The first-order chi connectivity index (χ1) is 6.45. The van der Waals surface area contributed by atoms with Crippen molar-refractivity contribution in [3.8, 4) is 0 Å². The SMILES string of the molecule is COC(C)[O][Al]([CH2]C(C)C)[CH2]C(C)C. The molecule has 84 valence electrons. The maximum atomic E-state index is 5.94. The molecular formula is C11H25AlO2. The van der Waals surface area contributed by atoms with Gasteiger partial charge in [0, 0.05) is 7.11 Å². The van der Waals surface area contributed by atoms with E-state index in [-0.39, 0.29) is 6.29 Å². The van der Waals surface area contributed by atoms with Crippen molar-refractivity contribution in [2.24, 2.45) is 11.8 Å². The second-order valence-electron chi connectivity index (χ2n) is 4.82. The monoisotopic (exact) mass is 216 g/mol. The Balaban J connectivity index is 3.96. The van der Waals surface area contributed by atoms with Gasteiger partial charge in [-0.2, -0.15) is 0 Å². The molecule has 0 bridgehead atoms. The first kappa shape index (κ1) is 14.5. The van der Waals surface area contributed by atoms with Gasteiger partial charge >= 0.3 is 14.5 Å². The van der Waals surface area contributed by atoms with Gasteiger partial charge in [0.1, 0.15) is 6.29 Å². The molecule has 0 radical (unpaired) electrons. The van der Waals surface area contributed by atoms with Gasteiger partial charge in [0.2, 0.25) is 0 Å². The topological polar surface area (TPSA) is 18.5 Å². The summed E-state index contributed by atoms with van der Waals surface area (Å²) in [4.78, 5) is 0. The van der Waals surface area contributed by atoms with Crippen LogP contribution >= 0.6 is 0 Å². The highest BCUT2D eigenvalue weighted by Gasteiger charge is 2.25. The summed E-state index contributed by atoms with van der Waals surface area (Å²) in [5.41, 5.74) is 0. The zero-order valence-electron chi connectivity index (χ0n) is 10.5. The van der Waals surface area contributed by atoms with Crippen molar-refractivity contribution in [2.45, 2.75) is 51.5 Å². The largest absolute Gasteiger partial charge is 0.478 e. The average molecular weight is 216 g/mol. The molecule has 0 aliphatic heterocycles. The molecule has 0 rings (SSSR count). The third kappa shape index (κ3) is 7.82. The summed E-state index contributed by atoms with van der Waals surface area (Å²) in [6, 6.07) is 0. The Morgan fingerprint density at radius 2 is 1.36 bits per heavy atom. The van der Waals surface area contributed by atoms with Crippen molar-refractivity contribution in [3.05, 3.63) is 0 Å². The molecule has 1 unspecified atom stereocenters. The van der Waals surface area contributed by atoms with Crippen molar-refractivity contribution in [2.75, 3.05) is 7.11 Å². The van der Waals surface area contributed by atoms with Crippen LogP contribution in [0, 0.1) is 11.8 Å². The van der Waals surface area contributed by atoms with Crippen LogP contribution < -0.4 is 0 Å². The van der Waals surface area contributed by atoms with Crippen LogP contribution in [0.1, 0.15) is 34.6 Å². The molecule has 0 aromatic carbocycles. The summed E-state index contributed by atoms with van der Waals surface area (Å²) in [6.07, 6.45) is -0.0239. The van der Waals surface area contributed by atoms with Gasteiger partial charge in [-0.1, -0.05) is 50.1 Å². The zero-order chi connectivity index (χ0) is 11.1. The molecule has 0 N–H and O–H groups in total. The summed E-state index contributed by atoms with van der Waals surface area (Å²) >= 11 is -1.05. The first-order valence-electron chi connectivity index (χ1n) is 5.64. The van der Waals surface area contributed by atoms with Crippen molar-refractivity contribution in [3.63, 3.8) is 0 Å². The van der Waals surface area contributed by atoms with Gasteiger partial charge in [-0.3, -0.25) is 0 Å². The van der Waals surface area contributed by atoms with Crippen LogP contribution in [-0.4, -0.2) is 27.9 Å². The molecule has 0 fully saturated rings. The second kappa shape index (κ2) is 7.71. The molecule has 0 aliphatic rings. The summed E-state index contributed by atoms with van der Waals surface area (Å²) in [5, 5.41) is 2.51. The molecular weight excluding hydrogens is 191 g/mol. The summed E-state index contributed by atoms with van der Waals surface area (Å²) in [6.45, 7) is 11.0. The highest BCUT2D eigenvalue weighted by molar-refractivity contribution is 6.51. The molecule has 0 heterocycles. The third-order valence-corrected chi connectivity index (χ3v) is 5.89. The third-order valence-electron chi connectivity index (χ3n) is 2.18. The van der Waals surface area contributed by atoms with Crippen LogP contribution in [-0.2, 0) is 8.53 Å². The highest BCUT2D eigenvalue weighted by Crippen LogP contribution is 2.16. The Kier molecular flexibility index (Phi) is 7.96. The number of ether oxygens (including phenoxy) is 1. The van der Waals surface area contributed by atoms with Crippen molar-refractivity contribution >= 4 is 14.5 Å². The van der Waals surface area contributed by atoms with E-state index < -0.39 is 14.5 Å². The Labute approximate surface area is 93.7 Å². The van der Waals surface area contributed by atoms with Gasteiger partial charge in [-0.25, -0.2) is 0 Å². The van der Waals surface area contributed by atoms with Gasteiger partial charge in [0.15, 0.2) is 0 Å². The summed E-state index contributed by atoms with van der Waals surface area (Å²) in [7, 11) is 1.71. The minimum atomic E-state index is -1.05. The van der Waals surface area contributed by atoms with Gasteiger partial charge in [0.05, 0.1) is 0 Å². The Morgan fingerprint density at radius 3 is 1.64 bits per heavy atom. The maximum Gasteiger partial charge on any atom is 0.463 e. The summed E-state index contributed by atoms with van der Waals surface area (Å²) < 4.78 is 11.1. The van der Waals surface area contributed by atoms with E-state index in [0.717, 1.165) is 11.8 Å². The molecule has 1 atom stereocenters. The van der Waals surface area contributed by atoms with E-state index in [1.165, 1.54) is 10.6 Å². The van der Waals surface area contributed by atoms with E-state index in [0.29, 0.717) is 0 Å². The minimum absolute atomic E-state index is 0.0239. The predicted molar refractivity (Wildman–Crippen MR) is 62.6 cm³/mol. The van der Waals surface area contributed by atoms with E-state index in [1.807, 2.05) is 6.92 Å². The van der Waals surface area contributed by atoms with Crippen molar-refractivity contribution in [1.29, 1.82) is 0 Å². The number of rotatable bonds is 7. The van der Waals surface area contributed by atoms with E-state index in [2.05, 4.69) is 27.7 Å². The molecule has 0 spiro atoms. The Morgan fingerprint density at radius 1 is 0.929 bits per heavy atom. The van der Waals surface area contributed by atoms with Crippen LogP contribution in [0.2, 0.25) is 10.6 Å². The number of methoxy groups -OCH3 is 1. The van der Waals surface area contributed by atoms with Gasteiger partial charge in [-0.15, -0.1) is 0 Å². The zero-order valence-corrected chi connectivity index (χ0v) is 11.7. The van der Waals surface area contributed by atoms with Crippen LogP contribution in [0.5, 0.6) is 0 Å². The molecule has 0 aliphatic carbocycles. The lowest BCUT2D eigenvalue weighted by atomic mass is 10.3. The summed E-state index contributed by atoms with van der Waals surface area (Å²) in [5.74, 6) is 1.49. The van der Waals surface area contributed by atoms with Crippen LogP contribution in [0.3, 0.4) is 0 Å². The normalized spacial score (nSPS) is 13.7. The van der Waals surface area contributed by atoms with Crippen molar-refractivity contribution < 1.29 is 8.53 Å². The van der Waals surface area contributed by atoms with E-state index in [9.17, 15) is 0 Å². The second-order valence-corrected chi connectivity index (χ2v) is 7.28. The quantitative estimate of drug-likeness (QED) is 0.480. The number of hydrogen-bond donors (Lipinski definition) is 0. The Bertz CT molecular complexity index is 127. The Hall–Kier alpha value is 0.452. The lowest BCUT2D eigenvalue weighted by Gasteiger charge is -2.20. The number of hydrogen-bond acceptors (Lipinski definition) is 2.